The van der Waals surface area contributed by atoms with Crippen molar-refractivity contribution in [3.63, 3.8) is 0 Å². The van der Waals surface area contributed by atoms with Gasteiger partial charge in [-0.15, -0.1) is 0 Å². The van der Waals surface area contributed by atoms with E-state index in [1.807, 2.05) is 0 Å². The van der Waals surface area contributed by atoms with E-state index in [0.717, 1.165) is 0 Å². The molecule has 0 aliphatic heterocycles. The number of hydrogen-bond acceptors (Lipinski definition) is 7. The zero-order valence-electron chi connectivity index (χ0n) is 15.9. The largest absolute Gasteiger partial charge is 0.493 e. The Morgan fingerprint density at radius 1 is 1.03 bits per heavy atom. The van der Waals surface area contributed by atoms with Gasteiger partial charge in [0.2, 0.25) is 5.91 Å². The van der Waals surface area contributed by atoms with Crippen LogP contribution in [0.5, 0.6) is 11.5 Å². The first-order valence-corrected chi connectivity index (χ1v) is 8.83. The molecule has 0 spiro atoms. The summed E-state index contributed by atoms with van der Waals surface area (Å²) in [4.78, 5) is 27.8. The summed E-state index contributed by atoms with van der Waals surface area (Å²) in [5, 5.41) is 7.94. The highest BCUT2D eigenvalue weighted by Gasteiger charge is 2.14. The summed E-state index contributed by atoms with van der Waals surface area (Å²) in [6.45, 7) is 1.41. The minimum atomic E-state index is -0.437. The van der Waals surface area contributed by atoms with Gasteiger partial charge in [0, 0.05) is 24.2 Å². The summed E-state index contributed by atoms with van der Waals surface area (Å²) in [6, 6.07) is 9.89. The molecule has 0 atom stereocenters. The number of amides is 2. The lowest BCUT2D eigenvalue weighted by molar-refractivity contribution is -0.114. The van der Waals surface area contributed by atoms with Crippen molar-refractivity contribution in [1.29, 1.82) is 0 Å². The van der Waals surface area contributed by atoms with E-state index in [2.05, 4.69) is 20.9 Å². The van der Waals surface area contributed by atoms with Crippen LogP contribution in [0.3, 0.4) is 0 Å². The molecule has 0 saturated carbocycles. The number of ether oxygens (including phenoxy) is 2. The highest BCUT2D eigenvalue weighted by atomic mass is 32.1. The maximum atomic E-state index is 12.4. The summed E-state index contributed by atoms with van der Waals surface area (Å²) in [5.74, 6) is 0.302. The molecule has 150 valence electrons. The Hall–Kier alpha value is -3.66. The molecular formula is C19H18N4O5S. The van der Waals surface area contributed by atoms with Crippen molar-refractivity contribution in [2.24, 2.45) is 0 Å². The Kier molecular flexibility index (Phi) is 5.93. The molecule has 0 unspecified atom stereocenters. The lowest BCUT2D eigenvalue weighted by Crippen LogP contribution is -2.34. The third-order valence-electron chi connectivity index (χ3n) is 3.80. The van der Waals surface area contributed by atoms with Gasteiger partial charge < -0.3 is 19.2 Å². The molecule has 1 aromatic heterocycles. The van der Waals surface area contributed by atoms with E-state index in [0.29, 0.717) is 33.8 Å². The second-order valence-corrected chi connectivity index (χ2v) is 6.27. The average molecular weight is 414 g/mol. The van der Waals surface area contributed by atoms with E-state index in [9.17, 15) is 9.59 Å². The third-order valence-corrected chi connectivity index (χ3v) is 4.01. The van der Waals surface area contributed by atoms with E-state index in [1.54, 1.807) is 36.4 Å². The number of nitrogens with zero attached hydrogens (tertiary/aromatic N) is 1. The molecule has 9 nitrogen and oxygen atoms in total. The van der Waals surface area contributed by atoms with E-state index < -0.39 is 5.91 Å². The third kappa shape index (κ3) is 4.79. The van der Waals surface area contributed by atoms with Crippen LogP contribution in [-0.4, -0.2) is 36.1 Å². The van der Waals surface area contributed by atoms with Gasteiger partial charge in [0.15, 0.2) is 22.2 Å². The molecule has 0 aliphatic rings. The number of thiocarbonyl (C=S) groups is 1. The highest BCUT2D eigenvalue weighted by Crippen LogP contribution is 2.27. The number of methoxy groups -OCH3 is 2. The number of oxazole rings is 1. The highest BCUT2D eigenvalue weighted by molar-refractivity contribution is 7.80. The fourth-order valence-electron chi connectivity index (χ4n) is 2.54. The Morgan fingerprint density at radius 3 is 2.48 bits per heavy atom. The number of carbonyl (C=O) groups excluding carboxylic acids is 2. The zero-order valence-corrected chi connectivity index (χ0v) is 16.7. The molecule has 10 heteroatoms. The first-order valence-electron chi connectivity index (χ1n) is 8.42. The van der Waals surface area contributed by atoms with E-state index in [-0.39, 0.29) is 17.0 Å². The first kappa shape index (κ1) is 20.1. The van der Waals surface area contributed by atoms with Crippen LogP contribution in [0.25, 0.3) is 11.1 Å². The molecule has 2 amide bonds. The van der Waals surface area contributed by atoms with Crippen LogP contribution in [0.1, 0.15) is 17.3 Å². The van der Waals surface area contributed by atoms with Gasteiger partial charge in [0.1, 0.15) is 5.52 Å². The maximum Gasteiger partial charge on any atom is 0.302 e. The van der Waals surface area contributed by atoms with E-state index in [4.69, 9.17) is 26.1 Å². The molecule has 0 saturated heterocycles. The lowest BCUT2D eigenvalue weighted by atomic mass is 10.2. The van der Waals surface area contributed by atoms with Crippen LogP contribution in [-0.2, 0) is 4.79 Å². The average Bonchev–Trinajstić information content (AvgIpc) is 3.07. The van der Waals surface area contributed by atoms with Gasteiger partial charge in [-0.1, -0.05) is 0 Å². The zero-order chi connectivity index (χ0) is 21.0. The Labute approximate surface area is 171 Å². The van der Waals surface area contributed by atoms with Gasteiger partial charge in [-0.25, -0.2) is 0 Å². The lowest BCUT2D eigenvalue weighted by Gasteiger charge is -2.10. The van der Waals surface area contributed by atoms with Gasteiger partial charge in [0.25, 0.3) is 5.91 Å². The number of aromatic nitrogens is 1. The van der Waals surface area contributed by atoms with Gasteiger partial charge in [-0.2, -0.15) is 4.98 Å². The van der Waals surface area contributed by atoms with Gasteiger partial charge in [-0.05, 0) is 42.5 Å². The Balaban J connectivity index is 1.68. The Morgan fingerprint density at radius 2 is 1.79 bits per heavy atom. The minimum Gasteiger partial charge on any atom is -0.493 e. The molecule has 0 radical (unpaired) electrons. The monoisotopic (exact) mass is 414 g/mol. The van der Waals surface area contributed by atoms with Crippen molar-refractivity contribution < 1.29 is 23.5 Å². The van der Waals surface area contributed by atoms with Crippen molar-refractivity contribution in [2.75, 3.05) is 24.9 Å². The second kappa shape index (κ2) is 8.57. The number of anilines is 2. The van der Waals surface area contributed by atoms with E-state index in [1.165, 1.54) is 21.1 Å². The summed E-state index contributed by atoms with van der Waals surface area (Å²) in [6.07, 6.45) is 0. The topological polar surface area (TPSA) is 115 Å². The van der Waals surface area contributed by atoms with Crippen molar-refractivity contribution in [2.45, 2.75) is 6.92 Å². The van der Waals surface area contributed by atoms with Crippen molar-refractivity contribution in [3.8, 4) is 11.5 Å². The molecule has 3 rings (SSSR count). The maximum absolute atomic E-state index is 12.4. The fourth-order valence-corrected chi connectivity index (χ4v) is 2.72. The SMILES string of the molecule is COc1ccc(C(=O)NC(=S)Nc2nc3ccc(NC(C)=O)cc3o2)cc1OC. The van der Waals surface area contributed by atoms with Crippen LogP contribution >= 0.6 is 12.2 Å². The number of nitrogens with one attached hydrogen (secondary N) is 3. The molecule has 2 aromatic carbocycles. The molecule has 1 heterocycles. The number of fused-ring (bicyclic) bond motifs is 1. The number of benzene rings is 2. The molecule has 3 aromatic rings. The normalized spacial score (nSPS) is 10.3. The molecule has 3 N–H and O–H groups in total. The number of hydrogen-bond donors (Lipinski definition) is 3. The minimum absolute atomic E-state index is 0.0124. The second-order valence-electron chi connectivity index (χ2n) is 5.86. The fraction of sp³-hybridized carbons (Fsp3) is 0.158. The summed E-state index contributed by atoms with van der Waals surface area (Å²) < 4.78 is 15.9. The van der Waals surface area contributed by atoms with Gasteiger partial charge in [0.05, 0.1) is 14.2 Å². The smallest absolute Gasteiger partial charge is 0.302 e. The van der Waals surface area contributed by atoms with Crippen molar-refractivity contribution >= 4 is 51.9 Å². The standard InChI is InChI=1S/C19H18N4O5S/c1-10(24)20-12-5-6-13-15(9-12)28-18(21-13)23-19(29)22-17(25)11-4-7-14(26-2)16(8-11)27-3/h4-9H,1-3H3,(H,20,24)(H2,21,22,23,25,29). The van der Waals surface area contributed by atoms with Crippen LogP contribution in [0.2, 0.25) is 0 Å². The summed E-state index contributed by atoms with van der Waals surface area (Å²) in [5.41, 5.74) is 1.93. The summed E-state index contributed by atoms with van der Waals surface area (Å²) >= 11 is 5.15. The predicted octanol–water partition coefficient (Wildman–Crippen LogP) is 2.93. The predicted molar refractivity (Wildman–Crippen MR) is 112 cm³/mol. The van der Waals surface area contributed by atoms with Crippen LogP contribution in [0.15, 0.2) is 40.8 Å². The van der Waals surface area contributed by atoms with Crippen LogP contribution < -0.4 is 25.4 Å². The quantitative estimate of drug-likeness (QED) is 0.546. The Bertz CT molecular complexity index is 1100. The van der Waals surface area contributed by atoms with Crippen molar-refractivity contribution in [3.05, 3.63) is 42.0 Å². The molecular weight excluding hydrogens is 396 g/mol. The van der Waals surface area contributed by atoms with Gasteiger partial charge >= 0.3 is 6.01 Å². The van der Waals surface area contributed by atoms with Crippen LogP contribution in [0.4, 0.5) is 11.7 Å². The molecule has 0 aliphatic carbocycles. The molecule has 0 bridgehead atoms. The number of rotatable bonds is 5. The molecule has 29 heavy (non-hydrogen) atoms. The van der Waals surface area contributed by atoms with Crippen molar-refractivity contribution in [1.82, 2.24) is 10.3 Å². The van der Waals surface area contributed by atoms with Crippen LogP contribution in [0, 0.1) is 0 Å². The number of carbonyl (C=O) groups is 2. The van der Waals surface area contributed by atoms with E-state index >= 15 is 0 Å². The molecule has 0 fully saturated rings. The first-order chi connectivity index (χ1) is 13.9. The summed E-state index contributed by atoms with van der Waals surface area (Å²) in [7, 11) is 2.99. The van der Waals surface area contributed by atoms with Gasteiger partial charge in [-0.3, -0.25) is 20.2 Å².